The van der Waals surface area contributed by atoms with Crippen molar-refractivity contribution in [2.45, 2.75) is 6.42 Å². The molecular formula is C22H18N4O3. The second-order valence-electron chi connectivity index (χ2n) is 6.28. The quantitative estimate of drug-likeness (QED) is 0.539. The number of methoxy groups -OCH3 is 1. The molecule has 144 valence electrons. The molecule has 0 bridgehead atoms. The van der Waals surface area contributed by atoms with Crippen molar-refractivity contribution in [1.29, 1.82) is 0 Å². The molecule has 2 heterocycles. The monoisotopic (exact) mass is 386 g/mol. The van der Waals surface area contributed by atoms with Gasteiger partial charge in [-0.25, -0.2) is 0 Å². The van der Waals surface area contributed by atoms with E-state index in [1.54, 1.807) is 43.6 Å². The van der Waals surface area contributed by atoms with Crippen LogP contribution in [0, 0.1) is 0 Å². The summed E-state index contributed by atoms with van der Waals surface area (Å²) in [6.07, 6.45) is 2.12. The fraction of sp³-hybridized carbons (Fsp3) is 0.0909. The number of pyridine rings is 1. The molecular weight excluding hydrogens is 368 g/mol. The minimum atomic E-state index is -0.264. The van der Waals surface area contributed by atoms with Crippen molar-refractivity contribution in [3.05, 3.63) is 90.1 Å². The molecule has 7 heteroatoms. The highest BCUT2D eigenvalue weighted by molar-refractivity contribution is 6.02. The molecule has 0 aliphatic carbocycles. The van der Waals surface area contributed by atoms with E-state index >= 15 is 0 Å². The maximum atomic E-state index is 12.2. The number of anilines is 1. The van der Waals surface area contributed by atoms with Gasteiger partial charge in [0.1, 0.15) is 11.4 Å². The molecule has 0 fully saturated rings. The van der Waals surface area contributed by atoms with Crippen molar-refractivity contribution in [2.24, 2.45) is 0 Å². The van der Waals surface area contributed by atoms with Gasteiger partial charge in [-0.05, 0) is 54.1 Å². The zero-order chi connectivity index (χ0) is 20.1. The van der Waals surface area contributed by atoms with E-state index in [1.165, 1.54) is 0 Å². The molecule has 29 heavy (non-hydrogen) atoms. The number of hydrogen-bond donors (Lipinski definition) is 1. The van der Waals surface area contributed by atoms with Gasteiger partial charge in [0.2, 0.25) is 11.7 Å². The number of rotatable bonds is 6. The molecule has 7 nitrogen and oxygen atoms in total. The Hall–Kier alpha value is -4.00. The first-order valence-corrected chi connectivity index (χ1v) is 8.99. The average Bonchev–Trinajstić information content (AvgIpc) is 3.24. The molecule has 2 aromatic heterocycles. The number of aromatic nitrogens is 3. The highest BCUT2D eigenvalue weighted by Gasteiger charge is 2.11. The lowest BCUT2D eigenvalue weighted by Gasteiger charge is -2.04. The van der Waals surface area contributed by atoms with Crippen molar-refractivity contribution < 1.29 is 14.1 Å². The summed E-state index contributed by atoms with van der Waals surface area (Å²) in [6.45, 7) is 0. The van der Waals surface area contributed by atoms with Gasteiger partial charge in [-0.15, -0.1) is 0 Å². The topological polar surface area (TPSA) is 90.1 Å². The summed E-state index contributed by atoms with van der Waals surface area (Å²) in [6, 6.07) is 20.1. The minimum absolute atomic E-state index is 0.264. The van der Waals surface area contributed by atoms with Crippen LogP contribution < -0.4 is 10.1 Å². The van der Waals surface area contributed by atoms with E-state index < -0.39 is 0 Å². The van der Waals surface area contributed by atoms with Crippen molar-refractivity contribution in [2.75, 3.05) is 12.4 Å². The molecule has 4 rings (SSSR count). The molecule has 0 saturated carbocycles. The first kappa shape index (κ1) is 18.4. The second-order valence-corrected chi connectivity index (χ2v) is 6.28. The van der Waals surface area contributed by atoms with Crippen LogP contribution >= 0.6 is 0 Å². The molecule has 4 aromatic rings. The van der Waals surface area contributed by atoms with Crippen LogP contribution in [0.25, 0.3) is 11.4 Å². The van der Waals surface area contributed by atoms with Crippen molar-refractivity contribution in [1.82, 2.24) is 15.1 Å². The maximum Gasteiger partial charge on any atom is 0.274 e. The van der Waals surface area contributed by atoms with E-state index in [1.807, 2.05) is 36.4 Å². The lowest BCUT2D eigenvalue weighted by molar-refractivity contribution is 0.102. The van der Waals surface area contributed by atoms with Gasteiger partial charge in [0.05, 0.1) is 13.5 Å². The molecule has 0 unspecified atom stereocenters. The Labute approximate surface area is 167 Å². The molecule has 1 N–H and O–H groups in total. The van der Waals surface area contributed by atoms with Crippen LogP contribution in [0.2, 0.25) is 0 Å². The molecule has 2 aromatic carbocycles. The SMILES string of the molecule is COc1ccc(Cc2nc(-c3ccc(NC(=O)c4ccccn4)cc3)no2)cc1. The fourth-order valence-electron chi connectivity index (χ4n) is 2.76. The van der Waals surface area contributed by atoms with Crippen LogP contribution in [0.3, 0.4) is 0 Å². The number of carbonyl (C=O) groups is 1. The van der Waals surface area contributed by atoms with Crippen LogP contribution in [0.4, 0.5) is 5.69 Å². The third kappa shape index (κ3) is 4.47. The van der Waals surface area contributed by atoms with Crippen LogP contribution in [0.15, 0.2) is 77.4 Å². The van der Waals surface area contributed by atoms with Gasteiger partial charge >= 0.3 is 0 Å². The molecule has 0 atom stereocenters. The van der Waals surface area contributed by atoms with Crippen LogP contribution in [-0.2, 0) is 6.42 Å². The van der Waals surface area contributed by atoms with Gasteiger partial charge in [0, 0.05) is 17.4 Å². The number of nitrogens with one attached hydrogen (secondary N) is 1. The summed E-state index contributed by atoms with van der Waals surface area (Å²) in [5, 5.41) is 6.85. The number of carbonyl (C=O) groups excluding carboxylic acids is 1. The Morgan fingerprint density at radius 1 is 1.03 bits per heavy atom. The van der Waals surface area contributed by atoms with Crippen LogP contribution in [0.1, 0.15) is 21.9 Å². The van der Waals surface area contributed by atoms with Gasteiger partial charge < -0.3 is 14.6 Å². The first-order valence-electron chi connectivity index (χ1n) is 8.99. The van der Waals surface area contributed by atoms with E-state index in [2.05, 4.69) is 20.4 Å². The zero-order valence-electron chi connectivity index (χ0n) is 15.7. The number of nitrogens with zero attached hydrogens (tertiary/aromatic N) is 3. The molecule has 0 saturated heterocycles. The third-order valence-electron chi connectivity index (χ3n) is 4.28. The Kier molecular flexibility index (Phi) is 5.29. The first-order chi connectivity index (χ1) is 14.2. The fourth-order valence-corrected chi connectivity index (χ4v) is 2.76. The Morgan fingerprint density at radius 3 is 2.52 bits per heavy atom. The summed E-state index contributed by atoms with van der Waals surface area (Å²) in [5.41, 5.74) is 2.86. The Morgan fingerprint density at radius 2 is 1.83 bits per heavy atom. The average molecular weight is 386 g/mol. The molecule has 1 amide bonds. The summed E-state index contributed by atoms with van der Waals surface area (Å²) in [7, 11) is 1.63. The van der Waals surface area contributed by atoms with Gasteiger partial charge in [-0.2, -0.15) is 4.98 Å². The Bertz CT molecular complexity index is 1090. The molecule has 0 aliphatic rings. The Balaban J connectivity index is 1.42. The number of hydrogen-bond acceptors (Lipinski definition) is 6. The second kappa shape index (κ2) is 8.35. The van der Waals surface area contributed by atoms with Gasteiger partial charge in [0.25, 0.3) is 5.91 Å². The number of benzene rings is 2. The standard InChI is InChI=1S/C22H18N4O3/c1-28-18-11-5-15(6-12-18)14-20-25-21(26-29-20)16-7-9-17(10-8-16)24-22(27)19-4-2-3-13-23-19/h2-13H,14H2,1H3,(H,24,27). The third-order valence-corrected chi connectivity index (χ3v) is 4.28. The highest BCUT2D eigenvalue weighted by atomic mass is 16.5. The predicted octanol–water partition coefficient (Wildman–Crippen LogP) is 3.98. The van der Waals surface area contributed by atoms with Crippen LogP contribution in [-0.4, -0.2) is 28.1 Å². The molecule has 0 spiro atoms. The summed E-state index contributed by atoms with van der Waals surface area (Å²) in [4.78, 5) is 20.7. The van der Waals surface area contributed by atoms with E-state index in [4.69, 9.17) is 9.26 Å². The van der Waals surface area contributed by atoms with E-state index in [0.29, 0.717) is 29.5 Å². The number of ether oxygens (including phenoxy) is 1. The smallest absolute Gasteiger partial charge is 0.274 e. The van der Waals surface area contributed by atoms with Crippen molar-refractivity contribution in [3.63, 3.8) is 0 Å². The van der Waals surface area contributed by atoms with Crippen LogP contribution in [0.5, 0.6) is 5.75 Å². The van der Waals surface area contributed by atoms with Gasteiger partial charge in [-0.1, -0.05) is 23.4 Å². The predicted molar refractivity (Wildman–Crippen MR) is 108 cm³/mol. The van der Waals surface area contributed by atoms with E-state index in [-0.39, 0.29) is 5.91 Å². The molecule has 0 radical (unpaired) electrons. The van der Waals surface area contributed by atoms with Crippen molar-refractivity contribution in [3.8, 4) is 17.1 Å². The summed E-state index contributed by atoms with van der Waals surface area (Å²) < 4.78 is 10.5. The molecule has 0 aliphatic heterocycles. The van der Waals surface area contributed by atoms with Gasteiger partial charge in [0.15, 0.2) is 0 Å². The highest BCUT2D eigenvalue weighted by Crippen LogP contribution is 2.20. The van der Waals surface area contributed by atoms with Crippen molar-refractivity contribution >= 4 is 11.6 Å². The lowest BCUT2D eigenvalue weighted by atomic mass is 10.1. The minimum Gasteiger partial charge on any atom is -0.497 e. The van der Waals surface area contributed by atoms with Gasteiger partial charge in [-0.3, -0.25) is 9.78 Å². The van der Waals surface area contributed by atoms with E-state index in [0.717, 1.165) is 16.9 Å². The maximum absolute atomic E-state index is 12.2. The lowest BCUT2D eigenvalue weighted by Crippen LogP contribution is -2.13. The largest absolute Gasteiger partial charge is 0.497 e. The number of amides is 1. The van der Waals surface area contributed by atoms with E-state index in [9.17, 15) is 4.79 Å². The normalized spacial score (nSPS) is 10.5. The summed E-state index contributed by atoms with van der Waals surface area (Å²) in [5.74, 6) is 1.56. The zero-order valence-corrected chi connectivity index (χ0v) is 15.7. The summed E-state index contributed by atoms with van der Waals surface area (Å²) >= 11 is 0.